The molecule has 1 heterocycles. The fraction of sp³-hybridized carbons (Fsp3) is 0.154. The van der Waals surface area contributed by atoms with Gasteiger partial charge in [-0.15, -0.1) is 11.3 Å². The number of carbonyl (C=O) groups is 1. The molecule has 2 aromatic rings. The quantitative estimate of drug-likeness (QED) is 0.919. The Bertz CT molecular complexity index is 608. The molecular weight excluding hydrogens is 304 g/mol. The monoisotopic (exact) mass is 314 g/mol. The van der Waals surface area contributed by atoms with Crippen LogP contribution in [0, 0.1) is 0 Å². The average Bonchev–Trinajstić information content (AvgIpc) is 2.89. The SMILES string of the molecule is O=C(O)c1cc(S(=O)CCc2cccs2)ccc1Cl. The van der Waals surface area contributed by atoms with Gasteiger partial charge < -0.3 is 5.11 Å². The second-order valence-electron chi connectivity index (χ2n) is 3.83. The van der Waals surface area contributed by atoms with Crippen LogP contribution in [-0.4, -0.2) is 21.0 Å². The van der Waals surface area contributed by atoms with Crippen LogP contribution in [0.1, 0.15) is 15.2 Å². The normalized spacial score (nSPS) is 12.3. The Labute approximate surface area is 122 Å². The van der Waals surface area contributed by atoms with E-state index in [0.29, 0.717) is 10.6 Å². The highest BCUT2D eigenvalue weighted by Gasteiger charge is 2.12. The summed E-state index contributed by atoms with van der Waals surface area (Å²) >= 11 is 7.40. The van der Waals surface area contributed by atoms with Gasteiger partial charge in [-0.05, 0) is 36.1 Å². The first kappa shape index (κ1) is 14.2. The molecule has 1 aromatic heterocycles. The average molecular weight is 315 g/mol. The van der Waals surface area contributed by atoms with Crippen molar-refractivity contribution in [1.29, 1.82) is 0 Å². The van der Waals surface area contributed by atoms with E-state index in [2.05, 4.69) is 0 Å². The van der Waals surface area contributed by atoms with E-state index in [1.165, 1.54) is 17.0 Å². The number of rotatable bonds is 5. The largest absolute Gasteiger partial charge is 0.478 e. The molecule has 1 atom stereocenters. The molecule has 3 nitrogen and oxygen atoms in total. The van der Waals surface area contributed by atoms with E-state index in [0.717, 1.165) is 6.42 Å². The van der Waals surface area contributed by atoms with Crippen LogP contribution in [0.2, 0.25) is 5.02 Å². The lowest BCUT2D eigenvalue weighted by atomic mass is 10.2. The number of carboxylic acid groups (broad SMARTS) is 1. The van der Waals surface area contributed by atoms with E-state index in [9.17, 15) is 9.00 Å². The lowest BCUT2D eigenvalue weighted by Gasteiger charge is -2.04. The van der Waals surface area contributed by atoms with Crippen molar-refractivity contribution in [2.75, 3.05) is 5.75 Å². The van der Waals surface area contributed by atoms with Crippen LogP contribution in [0.25, 0.3) is 0 Å². The van der Waals surface area contributed by atoms with Gasteiger partial charge in [0.2, 0.25) is 0 Å². The Morgan fingerprint density at radius 3 is 2.79 bits per heavy atom. The molecule has 19 heavy (non-hydrogen) atoms. The number of aromatic carboxylic acids is 1. The maximum Gasteiger partial charge on any atom is 0.337 e. The molecule has 6 heteroatoms. The van der Waals surface area contributed by atoms with E-state index < -0.39 is 16.8 Å². The molecule has 100 valence electrons. The summed E-state index contributed by atoms with van der Waals surface area (Å²) in [6, 6.07) is 8.41. The van der Waals surface area contributed by atoms with Crippen molar-refractivity contribution in [3.63, 3.8) is 0 Å². The molecular formula is C13H11ClO3S2. The summed E-state index contributed by atoms with van der Waals surface area (Å²) in [6.45, 7) is 0. The molecule has 0 spiro atoms. The summed E-state index contributed by atoms with van der Waals surface area (Å²) < 4.78 is 12.1. The van der Waals surface area contributed by atoms with Crippen LogP contribution in [0.4, 0.5) is 0 Å². The Hall–Kier alpha value is -1.17. The maximum atomic E-state index is 12.1. The maximum absolute atomic E-state index is 12.1. The van der Waals surface area contributed by atoms with E-state index in [4.69, 9.17) is 16.7 Å². The zero-order chi connectivity index (χ0) is 13.8. The molecule has 1 aromatic carbocycles. The summed E-state index contributed by atoms with van der Waals surface area (Å²) in [5, 5.41) is 11.1. The third kappa shape index (κ3) is 3.65. The minimum atomic E-state index is -1.22. The predicted octanol–water partition coefficient (Wildman–Crippen LogP) is 3.45. The lowest BCUT2D eigenvalue weighted by molar-refractivity contribution is 0.0697. The number of hydrogen-bond acceptors (Lipinski definition) is 3. The van der Waals surface area contributed by atoms with Gasteiger partial charge in [0.1, 0.15) is 0 Å². The van der Waals surface area contributed by atoms with Gasteiger partial charge in [-0.1, -0.05) is 17.7 Å². The van der Waals surface area contributed by atoms with Gasteiger partial charge in [-0.25, -0.2) is 4.79 Å². The second kappa shape index (κ2) is 6.32. The molecule has 0 fully saturated rings. The van der Waals surface area contributed by atoms with E-state index in [1.54, 1.807) is 17.4 Å². The van der Waals surface area contributed by atoms with Crippen LogP contribution >= 0.6 is 22.9 Å². The summed E-state index contributed by atoms with van der Waals surface area (Å²) in [7, 11) is -1.22. The number of thiophene rings is 1. The minimum Gasteiger partial charge on any atom is -0.478 e. The van der Waals surface area contributed by atoms with Crippen LogP contribution in [0.5, 0.6) is 0 Å². The highest BCUT2D eigenvalue weighted by Crippen LogP contribution is 2.20. The van der Waals surface area contributed by atoms with Crippen molar-refractivity contribution in [2.24, 2.45) is 0 Å². The third-order valence-corrected chi connectivity index (χ3v) is 5.17. The molecule has 0 aliphatic rings. The van der Waals surface area contributed by atoms with E-state index >= 15 is 0 Å². The molecule has 0 aliphatic carbocycles. The summed E-state index contributed by atoms with van der Waals surface area (Å²) in [5.41, 5.74) is -0.0105. The van der Waals surface area contributed by atoms with Gasteiger partial charge in [0.25, 0.3) is 0 Å². The van der Waals surface area contributed by atoms with Crippen molar-refractivity contribution in [3.05, 3.63) is 51.2 Å². The highest BCUT2D eigenvalue weighted by molar-refractivity contribution is 7.85. The Kier molecular flexibility index (Phi) is 4.74. The highest BCUT2D eigenvalue weighted by atomic mass is 35.5. The van der Waals surface area contributed by atoms with Crippen LogP contribution in [0.3, 0.4) is 0 Å². The molecule has 1 N–H and O–H groups in total. The van der Waals surface area contributed by atoms with Crippen molar-refractivity contribution in [2.45, 2.75) is 11.3 Å². The molecule has 0 amide bonds. The van der Waals surface area contributed by atoms with Crippen molar-refractivity contribution in [1.82, 2.24) is 0 Å². The molecule has 0 saturated carbocycles. The summed E-state index contributed by atoms with van der Waals surface area (Å²) in [6.07, 6.45) is 0.718. The lowest BCUT2D eigenvalue weighted by Crippen LogP contribution is -2.04. The van der Waals surface area contributed by atoms with Gasteiger partial charge in [-0.3, -0.25) is 4.21 Å². The first-order chi connectivity index (χ1) is 9.08. The number of aryl methyl sites for hydroxylation is 1. The number of halogens is 1. The van der Waals surface area contributed by atoms with Crippen molar-refractivity contribution >= 4 is 39.7 Å². The second-order valence-corrected chi connectivity index (χ2v) is 6.84. The van der Waals surface area contributed by atoms with Crippen LogP contribution in [0.15, 0.2) is 40.6 Å². The van der Waals surface area contributed by atoms with E-state index in [-0.39, 0.29) is 10.6 Å². The fourth-order valence-electron chi connectivity index (χ4n) is 1.58. The molecule has 0 radical (unpaired) electrons. The van der Waals surface area contributed by atoms with Gasteiger partial charge in [0, 0.05) is 15.5 Å². The smallest absolute Gasteiger partial charge is 0.337 e. The molecule has 0 aliphatic heterocycles. The van der Waals surface area contributed by atoms with Gasteiger partial charge >= 0.3 is 5.97 Å². The first-order valence-corrected chi connectivity index (χ1v) is 8.09. The van der Waals surface area contributed by atoms with Crippen LogP contribution < -0.4 is 0 Å². The van der Waals surface area contributed by atoms with Gasteiger partial charge in [0.15, 0.2) is 0 Å². The Balaban J connectivity index is 2.11. The summed E-state index contributed by atoms with van der Waals surface area (Å²) in [4.78, 5) is 12.6. The number of hydrogen-bond donors (Lipinski definition) is 1. The van der Waals surface area contributed by atoms with Gasteiger partial charge in [0.05, 0.1) is 21.4 Å². The zero-order valence-corrected chi connectivity index (χ0v) is 12.2. The number of benzene rings is 1. The molecule has 1 unspecified atom stereocenters. The van der Waals surface area contributed by atoms with Crippen LogP contribution in [-0.2, 0) is 17.2 Å². The molecule has 0 bridgehead atoms. The zero-order valence-electron chi connectivity index (χ0n) is 9.84. The summed E-state index contributed by atoms with van der Waals surface area (Å²) in [5.74, 6) is -0.636. The van der Waals surface area contributed by atoms with Gasteiger partial charge in [-0.2, -0.15) is 0 Å². The molecule has 2 rings (SSSR count). The third-order valence-electron chi connectivity index (χ3n) is 2.55. The van der Waals surface area contributed by atoms with E-state index in [1.807, 2.05) is 17.5 Å². The fourth-order valence-corrected chi connectivity index (χ4v) is 3.72. The Morgan fingerprint density at radius 1 is 1.37 bits per heavy atom. The topological polar surface area (TPSA) is 54.4 Å². The number of carboxylic acids is 1. The standard InChI is InChI=1S/C13H11ClO3S2/c14-12-4-3-10(8-11(12)13(15)16)19(17)7-5-9-2-1-6-18-9/h1-4,6,8H,5,7H2,(H,15,16). The van der Waals surface area contributed by atoms with Crippen molar-refractivity contribution in [3.8, 4) is 0 Å². The Morgan fingerprint density at radius 2 is 2.16 bits per heavy atom. The molecule has 0 saturated heterocycles. The first-order valence-electron chi connectivity index (χ1n) is 5.51. The van der Waals surface area contributed by atoms with Crippen molar-refractivity contribution < 1.29 is 14.1 Å². The predicted molar refractivity (Wildman–Crippen MR) is 77.7 cm³/mol. The minimum absolute atomic E-state index is 0.0105.